The smallest absolute Gasteiger partial charge is 0.251 e. The molecule has 2 aromatic rings. The number of nitrogens with one attached hydrogen (secondary N) is 1. The Kier molecular flexibility index (Phi) is 4.07. The summed E-state index contributed by atoms with van der Waals surface area (Å²) in [6.45, 7) is 2.18. The summed E-state index contributed by atoms with van der Waals surface area (Å²) in [4.78, 5) is 11.9. The third-order valence-electron chi connectivity index (χ3n) is 2.81. The molecule has 0 aromatic heterocycles. The van der Waals surface area contributed by atoms with Crippen molar-refractivity contribution in [1.29, 1.82) is 0 Å². The summed E-state index contributed by atoms with van der Waals surface area (Å²) in [5.41, 5.74) is 2.11. The molecule has 0 aliphatic carbocycles. The molecule has 0 fully saturated rings. The standard InChI is InChI=1S/C15H14ClNO2/c1-10-5-6-12(8-14(10)18)15(19)17-9-11-3-2-4-13(16)7-11/h2-8,18H,9H2,1H3,(H,17,19). The molecule has 1 amide bonds. The second-order valence-corrected chi connectivity index (χ2v) is 4.75. The molecule has 0 atom stereocenters. The average molecular weight is 276 g/mol. The summed E-state index contributed by atoms with van der Waals surface area (Å²) in [7, 11) is 0. The molecular formula is C15H14ClNO2. The maximum atomic E-state index is 11.9. The van der Waals surface area contributed by atoms with Crippen LogP contribution in [0.5, 0.6) is 5.75 Å². The van der Waals surface area contributed by atoms with Crippen molar-refractivity contribution in [2.75, 3.05) is 0 Å². The molecule has 0 radical (unpaired) electrons. The van der Waals surface area contributed by atoms with Crippen LogP contribution in [-0.4, -0.2) is 11.0 Å². The minimum absolute atomic E-state index is 0.121. The van der Waals surface area contributed by atoms with Crippen molar-refractivity contribution in [3.05, 3.63) is 64.2 Å². The number of aromatic hydroxyl groups is 1. The Labute approximate surface area is 116 Å². The Hall–Kier alpha value is -2.00. The van der Waals surface area contributed by atoms with Gasteiger partial charge in [-0.3, -0.25) is 4.79 Å². The number of aryl methyl sites for hydroxylation is 1. The van der Waals surface area contributed by atoms with Crippen molar-refractivity contribution in [2.24, 2.45) is 0 Å². The molecular weight excluding hydrogens is 262 g/mol. The number of phenolic OH excluding ortho intramolecular Hbond substituents is 1. The van der Waals surface area contributed by atoms with Crippen LogP contribution < -0.4 is 5.32 Å². The highest BCUT2D eigenvalue weighted by Crippen LogP contribution is 2.17. The lowest BCUT2D eigenvalue weighted by molar-refractivity contribution is 0.0950. The molecule has 0 aliphatic heterocycles. The predicted molar refractivity (Wildman–Crippen MR) is 75.5 cm³/mol. The summed E-state index contributed by atoms with van der Waals surface area (Å²) in [5.74, 6) is -0.106. The summed E-state index contributed by atoms with van der Waals surface area (Å²) in [6.07, 6.45) is 0. The van der Waals surface area contributed by atoms with Crippen LogP contribution in [0.1, 0.15) is 21.5 Å². The Morgan fingerprint density at radius 3 is 2.74 bits per heavy atom. The van der Waals surface area contributed by atoms with E-state index >= 15 is 0 Å². The zero-order valence-corrected chi connectivity index (χ0v) is 11.2. The van der Waals surface area contributed by atoms with Crippen LogP contribution in [0.3, 0.4) is 0 Å². The van der Waals surface area contributed by atoms with Crippen LogP contribution in [-0.2, 0) is 6.54 Å². The van der Waals surface area contributed by atoms with E-state index < -0.39 is 0 Å². The maximum absolute atomic E-state index is 11.9. The monoisotopic (exact) mass is 275 g/mol. The Morgan fingerprint density at radius 1 is 1.26 bits per heavy atom. The van der Waals surface area contributed by atoms with Crippen molar-refractivity contribution in [3.63, 3.8) is 0 Å². The van der Waals surface area contributed by atoms with Crippen LogP contribution in [0.4, 0.5) is 0 Å². The van der Waals surface area contributed by atoms with Crippen molar-refractivity contribution in [2.45, 2.75) is 13.5 Å². The van der Waals surface area contributed by atoms with E-state index in [1.54, 1.807) is 31.2 Å². The number of halogens is 1. The highest BCUT2D eigenvalue weighted by molar-refractivity contribution is 6.30. The molecule has 0 unspecified atom stereocenters. The SMILES string of the molecule is Cc1ccc(C(=O)NCc2cccc(Cl)c2)cc1O. The molecule has 0 spiro atoms. The van der Waals surface area contributed by atoms with E-state index in [2.05, 4.69) is 5.32 Å². The van der Waals surface area contributed by atoms with Gasteiger partial charge in [-0.05, 0) is 42.3 Å². The molecule has 0 aliphatic rings. The second-order valence-electron chi connectivity index (χ2n) is 4.31. The number of hydrogen-bond acceptors (Lipinski definition) is 2. The van der Waals surface area contributed by atoms with Crippen molar-refractivity contribution in [1.82, 2.24) is 5.32 Å². The minimum atomic E-state index is -0.227. The van der Waals surface area contributed by atoms with Gasteiger partial charge in [0.15, 0.2) is 0 Å². The summed E-state index contributed by atoms with van der Waals surface area (Å²) < 4.78 is 0. The lowest BCUT2D eigenvalue weighted by Gasteiger charge is -2.07. The molecule has 98 valence electrons. The molecule has 0 saturated carbocycles. The van der Waals surface area contributed by atoms with Gasteiger partial charge in [-0.2, -0.15) is 0 Å². The summed E-state index contributed by atoms with van der Waals surface area (Å²) in [5, 5.41) is 13.0. The molecule has 4 heteroatoms. The van der Waals surface area contributed by atoms with Gasteiger partial charge in [0, 0.05) is 17.1 Å². The molecule has 2 aromatic carbocycles. The number of benzene rings is 2. The predicted octanol–water partition coefficient (Wildman–Crippen LogP) is 3.28. The number of amides is 1. The first kappa shape index (κ1) is 13.4. The fourth-order valence-electron chi connectivity index (χ4n) is 1.68. The molecule has 0 bridgehead atoms. The fraction of sp³-hybridized carbons (Fsp3) is 0.133. The number of rotatable bonds is 3. The largest absolute Gasteiger partial charge is 0.508 e. The molecule has 3 nitrogen and oxygen atoms in total. The quantitative estimate of drug-likeness (QED) is 0.903. The molecule has 2 N–H and O–H groups in total. The third-order valence-corrected chi connectivity index (χ3v) is 3.05. The zero-order chi connectivity index (χ0) is 13.8. The molecule has 0 saturated heterocycles. The average Bonchev–Trinajstić information content (AvgIpc) is 2.39. The third kappa shape index (κ3) is 3.48. The first-order chi connectivity index (χ1) is 9.06. The van der Waals surface area contributed by atoms with Gasteiger partial charge in [0.05, 0.1) is 0 Å². The Balaban J connectivity index is 2.03. The van der Waals surface area contributed by atoms with Gasteiger partial charge < -0.3 is 10.4 Å². The summed E-state index contributed by atoms with van der Waals surface area (Å²) >= 11 is 5.87. The number of hydrogen-bond donors (Lipinski definition) is 2. The van der Waals surface area contributed by atoms with Crippen LogP contribution >= 0.6 is 11.6 Å². The van der Waals surface area contributed by atoms with Crippen molar-refractivity contribution < 1.29 is 9.90 Å². The first-order valence-corrected chi connectivity index (χ1v) is 6.26. The van der Waals surface area contributed by atoms with E-state index in [0.29, 0.717) is 17.1 Å². The molecule has 2 rings (SSSR count). The van der Waals surface area contributed by atoms with E-state index in [1.807, 2.05) is 12.1 Å². The van der Waals surface area contributed by atoms with Gasteiger partial charge in [0.2, 0.25) is 0 Å². The first-order valence-electron chi connectivity index (χ1n) is 5.88. The van der Waals surface area contributed by atoms with E-state index in [1.165, 1.54) is 6.07 Å². The maximum Gasteiger partial charge on any atom is 0.251 e. The van der Waals surface area contributed by atoms with Crippen molar-refractivity contribution in [3.8, 4) is 5.75 Å². The highest BCUT2D eigenvalue weighted by atomic mass is 35.5. The normalized spacial score (nSPS) is 10.2. The van der Waals surface area contributed by atoms with Crippen molar-refractivity contribution >= 4 is 17.5 Å². The highest BCUT2D eigenvalue weighted by Gasteiger charge is 2.07. The molecule has 0 heterocycles. The number of carbonyl (C=O) groups is 1. The van der Waals surface area contributed by atoms with Gasteiger partial charge in [-0.1, -0.05) is 29.8 Å². The topological polar surface area (TPSA) is 49.3 Å². The number of phenols is 1. The van der Waals surface area contributed by atoms with Crippen LogP contribution in [0.2, 0.25) is 5.02 Å². The Bertz CT molecular complexity index is 611. The number of carbonyl (C=O) groups excluding carboxylic acids is 1. The van der Waals surface area contributed by atoms with Gasteiger partial charge in [0.1, 0.15) is 5.75 Å². The molecule has 19 heavy (non-hydrogen) atoms. The van der Waals surface area contributed by atoms with Gasteiger partial charge in [-0.15, -0.1) is 0 Å². The fourth-order valence-corrected chi connectivity index (χ4v) is 1.89. The van der Waals surface area contributed by atoms with Crippen LogP contribution in [0, 0.1) is 6.92 Å². The van der Waals surface area contributed by atoms with E-state index in [0.717, 1.165) is 11.1 Å². The van der Waals surface area contributed by atoms with E-state index in [-0.39, 0.29) is 11.7 Å². The van der Waals surface area contributed by atoms with Crippen LogP contribution in [0.15, 0.2) is 42.5 Å². The van der Waals surface area contributed by atoms with Gasteiger partial charge >= 0.3 is 0 Å². The zero-order valence-electron chi connectivity index (χ0n) is 10.5. The van der Waals surface area contributed by atoms with E-state index in [9.17, 15) is 9.90 Å². The van der Waals surface area contributed by atoms with E-state index in [4.69, 9.17) is 11.6 Å². The second kappa shape index (κ2) is 5.76. The lowest BCUT2D eigenvalue weighted by Crippen LogP contribution is -2.22. The van der Waals surface area contributed by atoms with Crippen LogP contribution in [0.25, 0.3) is 0 Å². The van der Waals surface area contributed by atoms with Gasteiger partial charge in [-0.25, -0.2) is 0 Å². The van der Waals surface area contributed by atoms with Gasteiger partial charge in [0.25, 0.3) is 5.91 Å². The lowest BCUT2D eigenvalue weighted by atomic mass is 10.1. The Morgan fingerprint density at radius 2 is 2.05 bits per heavy atom. The summed E-state index contributed by atoms with van der Waals surface area (Å²) in [6, 6.07) is 12.2. The minimum Gasteiger partial charge on any atom is -0.508 e.